The van der Waals surface area contributed by atoms with Crippen molar-refractivity contribution in [2.45, 2.75) is 38.6 Å². The second kappa shape index (κ2) is 6.98. The molecule has 0 spiro atoms. The first-order valence-corrected chi connectivity index (χ1v) is 9.22. The highest BCUT2D eigenvalue weighted by Crippen LogP contribution is 2.29. The lowest BCUT2D eigenvalue weighted by Gasteiger charge is -2.33. The maximum Gasteiger partial charge on any atom is 0.245 e. The third kappa shape index (κ3) is 3.13. The summed E-state index contributed by atoms with van der Waals surface area (Å²) in [5.41, 5.74) is 1.56. The Morgan fingerprint density at radius 3 is 2.63 bits per heavy atom. The number of carbonyl (C=O) groups is 2. The van der Waals surface area contributed by atoms with E-state index in [1.54, 1.807) is 6.92 Å². The van der Waals surface area contributed by atoms with E-state index in [2.05, 4.69) is 10.1 Å². The number of nitrogens with zero attached hydrogens (tertiary/aromatic N) is 4. The summed E-state index contributed by atoms with van der Waals surface area (Å²) in [6, 6.07) is 7.35. The van der Waals surface area contributed by atoms with Crippen molar-refractivity contribution in [3.05, 3.63) is 48.2 Å². The summed E-state index contributed by atoms with van der Waals surface area (Å²) in [6.45, 7) is 4.79. The smallest absolute Gasteiger partial charge is 0.245 e. The second-order valence-corrected chi connectivity index (χ2v) is 7.09. The van der Waals surface area contributed by atoms with Gasteiger partial charge in [0.1, 0.15) is 6.04 Å². The lowest BCUT2D eigenvalue weighted by Crippen LogP contribution is -2.41. The number of carbonyl (C=O) groups excluding carboxylic acids is 2. The van der Waals surface area contributed by atoms with Gasteiger partial charge in [-0.15, -0.1) is 0 Å². The Hall–Kier alpha value is -2.96. The number of rotatable bonds is 4. The van der Waals surface area contributed by atoms with E-state index in [9.17, 15) is 9.59 Å². The molecule has 0 N–H and O–H groups in total. The van der Waals surface area contributed by atoms with Gasteiger partial charge in [0.25, 0.3) is 0 Å². The molecule has 3 heterocycles. The maximum absolute atomic E-state index is 13.1. The molecule has 1 atom stereocenters. The standard InChI is InChI=1S/C20H22N4O3/c1-13(24-11-17(14(2)25)16-5-3-4-6-18(16)24)20(26)23-9-7-15(8-10-23)19-21-12-27-22-19/h3-6,11-13,15H,7-10H2,1-2H3/t13-/m0/s1. The number of Topliss-reactive ketones (excluding diaryl/α,β-unsaturated/α-hetero) is 1. The molecule has 140 valence electrons. The van der Waals surface area contributed by atoms with E-state index < -0.39 is 0 Å². The average molecular weight is 366 g/mol. The fraction of sp³-hybridized carbons (Fsp3) is 0.400. The highest BCUT2D eigenvalue weighted by atomic mass is 16.5. The van der Waals surface area contributed by atoms with Crippen LogP contribution in [0.15, 0.2) is 41.4 Å². The van der Waals surface area contributed by atoms with Crippen molar-refractivity contribution in [2.24, 2.45) is 0 Å². The number of aromatic nitrogens is 3. The molecule has 0 unspecified atom stereocenters. The van der Waals surface area contributed by atoms with Crippen molar-refractivity contribution in [1.29, 1.82) is 0 Å². The highest BCUT2D eigenvalue weighted by Gasteiger charge is 2.30. The van der Waals surface area contributed by atoms with Gasteiger partial charge < -0.3 is 14.0 Å². The largest absolute Gasteiger partial charge is 0.343 e. The number of hydrogen-bond acceptors (Lipinski definition) is 5. The van der Waals surface area contributed by atoms with Gasteiger partial charge in [-0.25, -0.2) is 0 Å². The number of amides is 1. The molecule has 1 amide bonds. The molecular weight excluding hydrogens is 344 g/mol. The van der Waals surface area contributed by atoms with Gasteiger partial charge in [0.2, 0.25) is 12.3 Å². The van der Waals surface area contributed by atoms with E-state index in [1.807, 2.05) is 46.9 Å². The lowest BCUT2D eigenvalue weighted by molar-refractivity contribution is -0.135. The predicted molar refractivity (Wildman–Crippen MR) is 99.5 cm³/mol. The molecule has 0 radical (unpaired) electrons. The van der Waals surface area contributed by atoms with Crippen LogP contribution < -0.4 is 0 Å². The zero-order valence-electron chi connectivity index (χ0n) is 15.5. The predicted octanol–water partition coefficient (Wildman–Crippen LogP) is 3.19. The molecule has 2 aromatic heterocycles. The minimum Gasteiger partial charge on any atom is -0.343 e. The number of ketones is 1. The topological polar surface area (TPSA) is 81.2 Å². The monoisotopic (exact) mass is 366 g/mol. The van der Waals surface area contributed by atoms with Crippen molar-refractivity contribution in [2.75, 3.05) is 13.1 Å². The van der Waals surface area contributed by atoms with Crippen LogP contribution >= 0.6 is 0 Å². The molecule has 1 aliphatic heterocycles. The van der Waals surface area contributed by atoms with Crippen LogP contribution in [0, 0.1) is 0 Å². The molecule has 7 nitrogen and oxygen atoms in total. The fourth-order valence-electron chi connectivity index (χ4n) is 3.91. The number of para-hydroxylation sites is 1. The Labute approximate surface area is 157 Å². The fourth-order valence-corrected chi connectivity index (χ4v) is 3.91. The minimum atomic E-state index is -0.371. The third-order valence-electron chi connectivity index (χ3n) is 5.44. The number of benzene rings is 1. The quantitative estimate of drug-likeness (QED) is 0.662. The van der Waals surface area contributed by atoms with Crippen LogP contribution in [0.1, 0.15) is 54.8 Å². The first-order chi connectivity index (χ1) is 13.1. The summed E-state index contributed by atoms with van der Waals surface area (Å²) in [5, 5.41) is 4.81. The molecule has 7 heteroatoms. The Bertz CT molecular complexity index is 968. The number of hydrogen-bond donors (Lipinski definition) is 0. The van der Waals surface area contributed by atoms with Gasteiger partial charge in [0.05, 0.1) is 0 Å². The minimum absolute atomic E-state index is 0.00512. The highest BCUT2D eigenvalue weighted by molar-refractivity contribution is 6.07. The van der Waals surface area contributed by atoms with Gasteiger partial charge in [-0.2, -0.15) is 4.98 Å². The van der Waals surface area contributed by atoms with Crippen molar-refractivity contribution >= 4 is 22.6 Å². The molecular formula is C20H22N4O3. The molecule has 1 fully saturated rings. The van der Waals surface area contributed by atoms with Crippen LogP contribution in [-0.4, -0.2) is 44.4 Å². The van der Waals surface area contributed by atoms with Gasteiger partial charge in [0, 0.05) is 41.7 Å². The Kier molecular flexibility index (Phi) is 4.51. The summed E-state index contributed by atoms with van der Waals surface area (Å²) >= 11 is 0. The zero-order chi connectivity index (χ0) is 19.0. The van der Waals surface area contributed by atoms with E-state index in [4.69, 9.17) is 4.52 Å². The maximum atomic E-state index is 13.1. The summed E-state index contributed by atoms with van der Waals surface area (Å²) in [6.07, 6.45) is 4.80. The van der Waals surface area contributed by atoms with Crippen molar-refractivity contribution < 1.29 is 14.1 Å². The molecule has 0 saturated carbocycles. The normalized spacial score (nSPS) is 16.6. The number of piperidine rings is 1. The van der Waals surface area contributed by atoms with Crippen LogP contribution in [-0.2, 0) is 4.79 Å². The summed E-state index contributed by atoms with van der Waals surface area (Å²) < 4.78 is 6.74. The van der Waals surface area contributed by atoms with E-state index in [0.29, 0.717) is 18.7 Å². The van der Waals surface area contributed by atoms with E-state index in [-0.39, 0.29) is 23.7 Å². The van der Waals surface area contributed by atoms with Crippen LogP contribution in [0.5, 0.6) is 0 Å². The van der Waals surface area contributed by atoms with Gasteiger partial charge in [-0.1, -0.05) is 23.4 Å². The van der Waals surface area contributed by atoms with Gasteiger partial charge in [-0.05, 0) is 32.8 Å². The van der Waals surface area contributed by atoms with Crippen LogP contribution in [0.25, 0.3) is 10.9 Å². The first kappa shape index (κ1) is 17.5. The van der Waals surface area contributed by atoms with Crippen LogP contribution in [0.2, 0.25) is 0 Å². The van der Waals surface area contributed by atoms with Crippen molar-refractivity contribution in [1.82, 2.24) is 19.6 Å². The summed E-state index contributed by atoms with van der Waals surface area (Å²) in [7, 11) is 0. The Morgan fingerprint density at radius 1 is 1.22 bits per heavy atom. The summed E-state index contributed by atoms with van der Waals surface area (Å²) in [4.78, 5) is 31.1. The van der Waals surface area contributed by atoms with Gasteiger partial charge >= 0.3 is 0 Å². The van der Waals surface area contributed by atoms with Crippen molar-refractivity contribution in [3.8, 4) is 0 Å². The Morgan fingerprint density at radius 2 is 1.96 bits per heavy atom. The van der Waals surface area contributed by atoms with E-state index >= 15 is 0 Å². The molecule has 1 saturated heterocycles. The molecule has 3 aromatic rings. The van der Waals surface area contributed by atoms with Crippen LogP contribution in [0.4, 0.5) is 0 Å². The molecule has 0 bridgehead atoms. The second-order valence-electron chi connectivity index (χ2n) is 7.09. The van der Waals surface area contributed by atoms with Crippen LogP contribution in [0.3, 0.4) is 0 Å². The van der Waals surface area contributed by atoms with E-state index in [1.165, 1.54) is 6.39 Å². The van der Waals surface area contributed by atoms with E-state index in [0.717, 1.165) is 29.6 Å². The lowest BCUT2D eigenvalue weighted by atomic mass is 9.96. The zero-order valence-corrected chi connectivity index (χ0v) is 15.5. The average Bonchev–Trinajstić information content (AvgIpc) is 3.35. The van der Waals surface area contributed by atoms with Gasteiger partial charge in [-0.3, -0.25) is 9.59 Å². The molecule has 4 rings (SSSR count). The van der Waals surface area contributed by atoms with Crippen molar-refractivity contribution in [3.63, 3.8) is 0 Å². The molecule has 27 heavy (non-hydrogen) atoms. The molecule has 1 aliphatic rings. The molecule has 1 aromatic carbocycles. The first-order valence-electron chi connectivity index (χ1n) is 9.22. The third-order valence-corrected chi connectivity index (χ3v) is 5.44. The Balaban J connectivity index is 1.53. The number of likely N-dealkylation sites (tertiary alicyclic amines) is 1. The summed E-state index contributed by atoms with van der Waals surface area (Å²) in [5.74, 6) is 1.03. The molecule has 0 aliphatic carbocycles. The van der Waals surface area contributed by atoms with Gasteiger partial charge in [0.15, 0.2) is 11.6 Å². The SMILES string of the molecule is CC(=O)c1cn([C@@H](C)C(=O)N2CCC(c3ncon3)CC2)c2ccccc12. The number of fused-ring (bicyclic) bond motifs is 1.